The molecular weight excluding hydrogens is 366 g/mol. The highest BCUT2D eigenvalue weighted by Crippen LogP contribution is 2.40. The van der Waals surface area contributed by atoms with Gasteiger partial charge in [-0.05, 0) is 36.8 Å². The van der Waals surface area contributed by atoms with Crippen LogP contribution in [0.1, 0.15) is 10.4 Å². The Labute approximate surface area is 158 Å². The fourth-order valence-corrected chi connectivity index (χ4v) is 5.79. The fourth-order valence-electron chi connectivity index (χ4n) is 3.24. The molecule has 0 fully saturated rings. The number of benzene rings is 2. The lowest BCUT2D eigenvalue weighted by Gasteiger charge is -2.13. The van der Waals surface area contributed by atoms with Crippen molar-refractivity contribution in [3.05, 3.63) is 52.9 Å². The van der Waals surface area contributed by atoms with Gasteiger partial charge in [-0.15, -0.1) is 23.1 Å². The van der Waals surface area contributed by atoms with Gasteiger partial charge in [-0.3, -0.25) is 0 Å². The van der Waals surface area contributed by atoms with Crippen molar-refractivity contribution < 1.29 is 0 Å². The Balaban J connectivity index is 1.51. The SMILES string of the molecule is CSc1cccc2sc(Nc3nc4c(s3)CCc3ccccc3-4)nc12. The molecule has 0 amide bonds. The summed E-state index contributed by atoms with van der Waals surface area (Å²) in [4.78, 5) is 12.2. The average Bonchev–Trinajstić information content (AvgIpc) is 3.24. The molecule has 3 nitrogen and oxygen atoms in total. The number of thiazole rings is 2. The van der Waals surface area contributed by atoms with E-state index in [0.717, 1.165) is 34.3 Å². The van der Waals surface area contributed by atoms with Crippen molar-refractivity contribution in [2.75, 3.05) is 11.6 Å². The molecule has 0 spiro atoms. The number of fused-ring (bicyclic) bond motifs is 4. The lowest BCUT2D eigenvalue weighted by Crippen LogP contribution is -2.01. The third-order valence-corrected chi connectivity index (χ3v) is 7.14. The molecule has 25 heavy (non-hydrogen) atoms. The van der Waals surface area contributed by atoms with Crippen molar-refractivity contribution in [1.82, 2.24) is 9.97 Å². The molecular formula is C19H15N3S3. The van der Waals surface area contributed by atoms with Crippen molar-refractivity contribution in [3.63, 3.8) is 0 Å². The molecule has 1 aliphatic carbocycles. The number of aryl methyl sites for hydroxylation is 2. The highest BCUT2D eigenvalue weighted by molar-refractivity contribution is 7.98. The van der Waals surface area contributed by atoms with Gasteiger partial charge in [-0.1, -0.05) is 41.7 Å². The Morgan fingerprint density at radius 1 is 0.960 bits per heavy atom. The molecule has 0 radical (unpaired) electrons. The van der Waals surface area contributed by atoms with Crippen LogP contribution in [0.15, 0.2) is 47.4 Å². The largest absolute Gasteiger partial charge is 0.307 e. The molecule has 5 rings (SSSR count). The predicted octanol–water partition coefficient (Wildman–Crippen LogP) is 5.98. The quantitative estimate of drug-likeness (QED) is 0.443. The van der Waals surface area contributed by atoms with Crippen molar-refractivity contribution in [2.45, 2.75) is 17.7 Å². The Morgan fingerprint density at radius 3 is 2.76 bits per heavy atom. The van der Waals surface area contributed by atoms with E-state index in [9.17, 15) is 0 Å². The normalized spacial score (nSPS) is 12.8. The lowest BCUT2D eigenvalue weighted by atomic mass is 9.94. The van der Waals surface area contributed by atoms with Gasteiger partial charge in [0.25, 0.3) is 0 Å². The second-order valence-corrected chi connectivity index (χ2v) is 8.86. The van der Waals surface area contributed by atoms with Gasteiger partial charge in [0.2, 0.25) is 0 Å². The number of rotatable bonds is 3. The summed E-state index contributed by atoms with van der Waals surface area (Å²) in [6, 6.07) is 14.9. The molecule has 1 N–H and O–H groups in total. The van der Waals surface area contributed by atoms with E-state index in [1.807, 2.05) is 0 Å². The zero-order valence-electron chi connectivity index (χ0n) is 13.6. The first-order chi connectivity index (χ1) is 12.3. The van der Waals surface area contributed by atoms with E-state index < -0.39 is 0 Å². The second kappa shape index (κ2) is 6.12. The number of nitrogens with one attached hydrogen (secondary N) is 1. The van der Waals surface area contributed by atoms with Crippen LogP contribution < -0.4 is 5.32 Å². The van der Waals surface area contributed by atoms with Crippen LogP contribution in [0, 0.1) is 0 Å². The van der Waals surface area contributed by atoms with Crippen molar-refractivity contribution in [3.8, 4) is 11.3 Å². The summed E-state index contributed by atoms with van der Waals surface area (Å²) in [6.45, 7) is 0. The summed E-state index contributed by atoms with van der Waals surface area (Å²) in [6.07, 6.45) is 4.26. The first-order valence-electron chi connectivity index (χ1n) is 8.10. The minimum Gasteiger partial charge on any atom is -0.307 e. The van der Waals surface area contributed by atoms with Gasteiger partial charge in [0.15, 0.2) is 10.3 Å². The van der Waals surface area contributed by atoms with E-state index in [2.05, 4.69) is 54.0 Å². The summed E-state index contributed by atoms with van der Waals surface area (Å²) >= 11 is 5.17. The predicted molar refractivity (Wildman–Crippen MR) is 110 cm³/mol. The fraction of sp³-hybridized carbons (Fsp3) is 0.158. The molecule has 0 saturated heterocycles. The average molecular weight is 382 g/mol. The number of para-hydroxylation sites is 1. The van der Waals surface area contributed by atoms with Gasteiger partial charge in [-0.2, -0.15) is 0 Å². The molecule has 0 unspecified atom stereocenters. The number of nitrogens with zero attached hydrogens (tertiary/aromatic N) is 2. The standard InChI is InChI=1S/C19H15N3S3/c1-23-13-7-4-8-14-17(13)21-19(24-14)22-18-20-16-12-6-3-2-5-11(12)9-10-15(16)25-18/h2-8H,9-10H2,1H3,(H,20,21,22). The van der Waals surface area contributed by atoms with Gasteiger partial charge >= 0.3 is 0 Å². The van der Waals surface area contributed by atoms with Crippen LogP contribution in [0.5, 0.6) is 0 Å². The summed E-state index contributed by atoms with van der Waals surface area (Å²) < 4.78 is 1.21. The maximum absolute atomic E-state index is 4.87. The molecule has 2 heterocycles. The minimum atomic E-state index is 0.913. The van der Waals surface area contributed by atoms with E-state index in [1.165, 1.54) is 25.6 Å². The van der Waals surface area contributed by atoms with Gasteiger partial charge in [0, 0.05) is 15.3 Å². The lowest BCUT2D eigenvalue weighted by molar-refractivity contribution is 0.955. The Kier molecular flexibility index (Phi) is 3.77. The van der Waals surface area contributed by atoms with Crippen LogP contribution in [-0.4, -0.2) is 16.2 Å². The minimum absolute atomic E-state index is 0.913. The Morgan fingerprint density at radius 2 is 1.84 bits per heavy atom. The van der Waals surface area contributed by atoms with Crippen molar-refractivity contribution in [2.24, 2.45) is 0 Å². The molecule has 0 bridgehead atoms. The zero-order valence-corrected chi connectivity index (χ0v) is 16.0. The zero-order chi connectivity index (χ0) is 16.8. The smallest absolute Gasteiger partial charge is 0.190 e. The Bertz CT molecular complexity index is 1080. The van der Waals surface area contributed by atoms with Gasteiger partial charge in [-0.25, -0.2) is 9.97 Å². The molecule has 124 valence electrons. The molecule has 0 aliphatic heterocycles. The molecule has 6 heteroatoms. The van der Waals surface area contributed by atoms with Gasteiger partial charge in [0.05, 0.1) is 15.9 Å². The molecule has 0 saturated carbocycles. The summed E-state index contributed by atoms with van der Waals surface area (Å²) in [7, 11) is 0. The number of thioether (sulfide) groups is 1. The molecule has 1 aliphatic rings. The van der Waals surface area contributed by atoms with E-state index in [1.54, 1.807) is 34.4 Å². The number of anilines is 2. The van der Waals surface area contributed by atoms with E-state index in [0.29, 0.717) is 0 Å². The first kappa shape index (κ1) is 15.4. The third kappa shape index (κ3) is 2.65. The molecule has 4 aromatic rings. The van der Waals surface area contributed by atoms with Crippen LogP contribution in [-0.2, 0) is 12.8 Å². The first-order valence-corrected chi connectivity index (χ1v) is 11.0. The maximum Gasteiger partial charge on any atom is 0.190 e. The van der Waals surface area contributed by atoms with E-state index in [-0.39, 0.29) is 0 Å². The number of hydrogen-bond donors (Lipinski definition) is 1. The monoisotopic (exact) mass is 381 g/mol. The van der Waals surface area contributed by atoms with Crippen LogP contribution in [0.4, 0.5) is 10.3 Å². The number of aromatic nitrogens is 2. The van der Waals surface area contributed by atoms with E-state index >= 15 is 0 Å². The Hall–Kier alpha value is -1.89. The molecule has 2 aromatic heterocycles. The summed E-state index contributed by atoms with van der Waals surface area (Å²) in [5.74, 6) is 0. The highest BCUT2D eigenvalue weighted by Gasteiger charge is 2.21. The second-order valence-electron chi connectivity index (χ2n) is 5.90. The third-order valence-electron chi connectivity index (χ3n) is 4.41. The summed E-state index contributed by atoms with van der Waals surface area (Å²) in [5, 5.41) is 5.29. The van der Waals surface area contributed by atoms with Crippen LogP contribution in [0.2, 0.25) is 0 Å². The van der Waals surface area contributed by atoms with Crippen molar-refractivity contribution in [1.29, 1.82) is 0 Å². The van der Waals surface area contributed by atoms with E-state index in [4.69, 9.17) is 9.97 Å². The van der Waals surface area contributed by atoms with Crippen LogP contribution in [0.3, 0.4) is 0 Å². The summed E-state index contributed by atoms with van der Waals surface area (Å²) in [5.41, 5.74) is 4.90. The topological polar surface area (TPSA) is 37.8 Å². The highest BCUT2D eigenvalue weighted by atomic mass is 32.2. The molecule has 0 atom stereocenters. The van der Waals surface area contributed by atoms with Crippen molar-refractivity contribution >= 4 is 54.9 Å². The maximum atomic E-state index is 4.87. The number of hydrogen-bond acceptors (Lipinski definition) is 6. The van der Waals surface area contributed by atoms with Crippen LogP contribution in [0.25, 0.3) is 21.5 Å². The van der Waals surface area contributed by atoms with Gasteiger partial charge < -0.3 is 5.32 Å². The van der Waals surface area contributed by atoms with Crippen LogP contribution >= 0.6 is 34.4 Å². The molecule has 2 aromatic carbocycles. The van der Waals surface area contributed by atoms with Gasteiger partial charge in [0.1, 0.15) is 0 Å².